The Balaban J connectivity index is 1.51. The first kappa shape index (κ1) is 17.2. The Morgan fingerprint density at radius 1 is 0.957 bits per heavy atom. The number of carbonyl (C=O) groups is 1. The number of likely N-dealkylation sites (tertiary alicyclic amines) is 1. The second kappa shape index (κ2) is 7.95. The number of carbonyl (C=O) groups excluding carboxylic acids is 1. The molecule has 5 heteroatoms. The van der Waals surface area contributed by atoms with Crippen LogP contribution in [0.4, 0.5) is 0 Å². The molecule has 1 amide bonds. The van der Waals surface area contributed by atoms with Crippen LogP contribution in [0.2, 0.25) is 0 Å². The van der Waals surface area contributed by atoms with Crippen molar-refractivity contribution in [3.05, 3.63) is 0 Å². The monoisotopic (exact) mass is 323 g/mol. The number of aliphatic hydroxyl groups is 1. The fourth-order valence-corrected chi connectivity index (χ4v) is 4.49. The lowest BCUT2D eigenvalue weighted by molar-refractivity contribution is -0.132. The van der Waals surface area contributed by atoms with Crippen molar-refractivity contribution in [2.24, 2.45) is 5.92 Å². The van der Waals surface area contributed by atoms with E-state index in [2.05, 4.69) is 16.8 Å². The number of likely N-dealkylation sites (N-methyl/N-ethyl adjacent to an activating group) is 1. The number of hydrogen-bond acceptors (Lipinski definition) is 4. The summed E-state index contributed by atoms with van der Waals surface area (Å²) in [6.07, 6.45) is 7.13. The molecule has 3 fully saturated rings. The lowest BCUT2D eigenvalue weighted by atomic mass is 10.0. The minimum Gasteiger partial charge on any atom is -0.391 e. The first-order valence-corrected chi connectivity index (χ1v) is 9.52. The van der Waals surface area contributed by atoms with Crippen molar-refractivity contribution in [3.63, 3.8) is 0 Å². The largest absolute Gasteiger partial charge is 0.391 e. The van der Waals surface area contributed by atoms with E-state index in [0.717, 1.165) is 58.5 Å². The summed E-state index contributed by atoms with van der Waals surface area (Å²) in [6, 6.07) is 0.230. The zero-order valence-corrected chi connectivity index (χ0v) is 14.6. The van der Waals surface area contributed by atoms with Gasteiger partial charge in [0.05, 0.1) is 6.10 Å². The summed E-state index contributed by atoms with van der Waals surface area (Å²) in [5.74, 6) is 0.937. The number of piperazine rings is 1. The smallest absolute Gasteiger partial charge is 0.222 e. The maximum atomic E-state index is 12.6. The molecular formula is C18H33N3O2. The van der Waals surface area contributed by atoms with E-state index in [1.807, 2.05) is 4.90 Å². The van der Waals surface area contributed by atoms with Crippen LogP contribution in [-0.4, -0.2) is 84.2 Å². The molecule has 0 unspecified atom stereocenters. The van der Waals surface area contributed by atoms with Gasteiger partial charge in [-0.2, -0.15) is 0 Å². The highest BCUT2D eigenvalue weighted by molar-refractivity contribution is 5.76. The fourth-order valence-electron chi connectivity index (χ4n) is 4.49. The number of amides is 1. The third-order valence-electron chi connectivity index (χ3n) is 6.13. The molecule has 5 nitrogen and oxygen atoms in total. The number of aliphatic hydroxyl groups excluding tert-OH is 1. The molecule has 1 N–H and O–H groups in total. The zero-order valence-electron chi connectivity index (χ0n) is 14.6. The Morgan fingerprint density at radius 3 is 2.30 bits per heavy atom. The summed E-state index contributed by atoms with van der Waals surface area (Å²) in [4.78, 5) is 19.4. The third kappa shape index (κ3) is 4.46. The number of rotatable bonds is 3. The normalized spacial score (nSPS) is 32.2. The molecule has 2 atom stereocenters. The van der Waals surface area contributed by atoms with Crippen molar-refractivity contribution in [2.75, 3.05) is 46.3 Å². The second-order valence-electron chi connectivity index (χ2n) is 7.79. The van der Waals surface area contributed by atoms with E-state index in [-0.39, 0.29) is 12.1 Å². The average Bonchev–Trinajstić information content (AvgIpc) is 2.97. The van der Waals surface area contributed by atoms with Gasteiger partial charge < -0.3 is 14.9 Å². The van der Waals surface area contributed by atoms with Crippen molar-refractivity contribution in [3.8, 4) is 0 Å². The molecule has 3 aliphatic rings. The Labute approximate surface area is 140 Å². The minimum absolute atomic E-state index is 0.230. The van der Waals surface area contributed by atoms with E-state index in [4.69, 9.17) is 0 Å². The van der Waals surface area contributed by atoms with Gasteiger partial charge in [-0.3, -0.25) is 9.69 Å². The Kier molecular flexibility index (Phi) is 5.94. The molecule has 132 valence electrons. The van der Waals surface area contributed by atoms with Crippen molar-refractivity contribution >= 4 is 5.91 Å². The predicted octanol–water partition coefficient (Wildman–Crippen LogP) is 1.17. The molecule has 23 heavy (non-hydrogen) atoms. The third-order valence-corrected chi connectivity index (χ3v) is 6.13. The van der Waals surface area contributed by atoms with Gasteiger partial charge in [-0.15, -0.1) is 0 Å². The summed E-state index contributed by atoms with van der Waals surface area (Å²) >= 11 is 0. The molecule has 0 aromatic heterocycles. The molecule has 2 heterocycles. The van der Waals surface area contributed by atoms with Gasteiger partial charge in [0.2, 0.25) is 5.91 Å². The highest BCUT2D eigenvalue weighted by Gasteiger charge is 2.32. The van der Waals surface area contributed by atoms with Gasteiger partial charge in [0.25, 0.3) is 0 Å². The average molecular weight is 323 g/mol. The Bertz CT molecular complexity index is 390. The minimum atomic E-state index is -0.289. The molecule has 2 saturated heterocycles. The highest BCUT2D eigenvalue weighted by atomic mass is 16.3. The van der Waals surface area contributed by atoms with E-state index in [9.17, 15) is 9.90 Å². The fraction of sp³-hybridized carbons (Fsp3) is 0.944. The van der Waals surface area contributed by atoms with E-state index < -0.39 is 0 Å². The molecule has 0 spiro atoms. The van der Waals surface area contributed by atoms with Crippen LogP contribution in [0.1, 0.15) is 44.9 Å². The molecule has 3 rings (SSSR count). The van der Waals surface area contributed by atoms with E-state index in [1.54, 1.807) is 0 Å². The summed E-state index contributed by atoms with van der Waals surface area (Å²) in [7, 11) is 2.16. The predicted molar refractivity (Wildman–Crippen MR) is 91.3 cm³/mol. The Hall–Kier alpha value is -0.650. The molecule has 1 aliphatic carbocycles. The molecule has 0 radical (unpaired) electrons. The highest BCUT2D eigenvalue weighted by Crippen LogP contribution is 2.28. The first-order chi connectivity index (χ1) is 11.1. The first-order valence-electron chi connectivity index (χ1n) is 9.52. The van der Waals surface area contributed by atoms with Gasteiger partial charge in [0.1, 0.15) is 0 Å². The van der Waals surface area contributed by atoms with Gasteiger partial charge >= 0.3 is 0 Å². The van der Waals surface area contributed by atoms with Crippen LogP contribution in [0.3, 0.4) is 0 Å². The van der Waals surface area contributed by atoms with Crippen LogP contribution >= 0.6 is 0 Å². The molecule has 0 bridgehead atoms. The number of nitrogens with zero attached hydrogens (tertiary/aromatic N) is 3. The van der Waals surface area contributed by atoms with Crippen LogP contribution in [0, 0.1) is 5.92 Å². The maximum Gasteiger partial charge on any atom is 0.222 e. The SMILES string of the molecule is CN1CCN([C@H]2CCN(C(=O)CC3CCCC3)CC[C@@H]2O)CC1. The van der Waals surface area contributed by atoms with Crippen LogP contribution < -0.4 is 0 Å². The molecule has 1 saturated carbocycles. The lowest BCUT2D eigenvalue weighted by Crippen LogP contribution is -2.52. The quantitative estimate of drug-likeness (QED) is 0.847. The summed E-state index contributed by atoms with van der Waals surface area (Å²) in [5.41, 5.74) is 0. The van der Waals surface area contributed by atoms with Crippen molar-refractivity contribution in [1.82, 2.24) is 14.7 Å². The second-order valence-corrected chi connectivity index (χ2v) is 7.79. The lowest BCUT2D eigenvalue weighted by Gasteiger charge is -2.39. The van der Waals surface area contributed by atoms with Gasteiger partial charge in [0, 0.05) is 51.7 Å². The van der Waals surface area contributed by atoms with E-state index in [1.165, 1.54) is 25.7 Å². The maximum absolute atomic E-state index is 12.6. The van der Waals surface area contributed by atoms with Gasteiger partial charge in [-0.25, -0.2) is 0 Å². The van der Waals surface area contributed by atoms with Crippen molar-refractivity contribution in [2.45, 2.75) is 57.1 Å². The van der Waals surface area contributed by atoms with E-state index >= 15 is 0 Å². The summed E-state index contributed by atoms with van der Waals surface area (Å²) in [6.45, 7) is 5.78. The topological polar surface area (TPSA) is 47.0 Å². The van der Waals surface area contributed by atoms with Crippen molar-refractivity contribution < 1.29 is 9.90 Å². The van der Waals surface area contributed by atoms with Crippen molar-refractivity contribution in [1.29, 1.82) is 0 Å². The zero-order chi connectivity index (χ0) is 16.2. The molecule has 0 aromatic carbocycles. The van der Waals surface area contributed by atoms with Crippen LogP contribution in [0.15, 0.2) is 0 Å². The molecule has 0 aromatic rings. The molecular weight excluding hydrogens is 290 g/mol. The summed E-state index contributed by atoms with van der Waals surface area (Å²) in [5, 5.41) is 10.6. The van der Waals surface area contributed by atoms with E-state index in [0.29, 0.717) is 11.8 Å². The Morgan fingerprint density at radius 2 is 1.61 bits per heavy atom. The van der Waals surface area contributed by atoms with Crippen LogP contribution in [-0.2, 0) is 4.79 Å². The standard InChI is InChI=1S/C18H33N3O2/c1-19-10-12-20(13-11-19)16-6-8-21(9-7-17(16)22)18(23)14-15-4-2-3-5-15/h15-17,22H,2-14H2,1H3/t16-,17-/m0/s1. The van der Waals surface area contributed by atoms with Gasteiger partial charge in [0.15, 0.2) is 0 Å². The van der Waals surface area contributed by atoms with Gasteiger partial charge in [-0.05, 0) is 38.6 Å². The van der Waals surface area contributed by atoms with Gasteiger partial charge in [-0.1, -0.05) is 12.8 Å². The molecule has 2 aliphatic heterocycles. The summed E-state index contributed by atoms with van der Waals surface area (Å²) < 4.78 is 0. The van der Waals surface area contributed by atoms with Crippen LogP contribution in [0.25, 0.3) is 0 Å². The van der Waals surface area contributed by atoms with Crippen LogP contribution in [0.5, 0.6) is 0 Å². The number of hydrogen-bond donors (Lipinski definition) is 1.